The van der Waals surface area contributed by atoms with E-state index in [1.165, 1.54) is 22.0 Å². The molecular weight excluding hydrogens is 212 g/mol. The highest BCUT2D eigenvalue weighted by Gasteiger charge is 2.35. The summed E-state index contributed by atoms with van der Waals surface area (Å²) in [7, 11) is 0. The van der Waals surface area contributed by atoms with Gasteiger partial charge in [0.05, 0.1) is 6.10 Å². The number of H-pyrrole nitrogens is 1. The van der Waals surface area contributed by atoms with Crippen molar-refractivity contribution in [1.29, 1.82) is 0 Å². The van der Waals surface area contributed by atoms with Crippen LogP contribution >= 0.6 is 0 Å². The van der Waals surface area contributed by atoms with Crippen LogP contribution in [0.2, 0.25) is 0 Å². The first-order valence-corrected chi connectivity index (χ1v) is 6.33. The maximum absolute atomic E-state index is 9.83. The molecule has 17 heavy (non-hydrogen) atoms. The second kappa shape index (κ2) is 3.34. The average Bonchev–Trinajstić information content (AvgIpc) is 2.75. The number of piperidine rings is 1. The molecule has 1 saturated heterocycles. The summed E-state index contributed by atoms with van der Waals surface area (Å²) in [4.78, 5) is 3.35. The van der Waals surface area contributed by atoms with Crippen molar-refractivity contribution < 1.29 is 5.11 Å². The van der Waals surface area contributed by atoms with Crippen LogP contribution in [0, 0.1) is 0 Å². The normalized spacial score (nSPS) is 31.5. The molecular formula is C14H16N2O. The Morgan fingerprint density at radius 2 is 2.24 bits per heavy atom. The number of rotatable bonds is 0. The first-order chi connectivity index (χ1) is 8.33. The molecule has 0 saturated carbocycles. The topological polar surface area (TPSA) is 48.0 Å². The molecule has 2 aromatic rings. The van der Waals surface area contributed by atoms with E-state index in [1.54, 1.807) is 0 Å². The molecule has 2 aliphatic rings. The Balaban J connectivity index is 1.92. The van der Waals surface area contributed by atoms with Crippen molar-refractivity contribution in [3.05, 3.63) is 35.5 Å². The van der Waals surface area contributed by atoms with Crippen LogP contribution in [0.3, 0.4) is 0 Å². The van der Waals surface area contributed by atoms with Gasteiger partial charge < -0.3 is 15.4 Å². The van der Waals surface area contributed by atoms with E-state index < -0.39 is 0 Å². The molecule has 4 rings (SSSR count). The quantitative estimate of drug-likeness (QED) is 0.640. The molecule has 1 aromatic heterocycles. The van der Waals surface area contributed by atoms with Gasteiger partial charge in [0, 0.05) is 35.6 Å². The highest BCUT2D eigenvalue weighted by atomic mass is 16.3. The maximum Gasteiger partial charge on any atom is 0.0671 e. The Morgan fingerprint density at radius 3 is 3.18 bits per heavy atom. The summed E-state index contributed by atoms with van der Waals surface area (Å²) < 4.78 is 0. The fourth-order valence-corrected chi connectivity index (χ4v) is 3.52. The predicted octanol–water partition coefficient (Wildman–Crippen LogP) is 1.53. The molecule has 3 heteroatoms. The number of hydrogen-bond acceptors (Lipinski definition) is 2. The van der Waals surface area contributed by atoms with Gasteiger partial charge in [-0.3, -0.25) is 0 Å². The van der Waals surface area contributed by atoms with Gasteiger partial charge in [0.25, 0.3) is 0 Å². The fourth-order valence-electron chi connectivity index (χ4n) is 3.52. The minimum Gasteiger partial charge on any atom is -0.392 e. The smallest absolute Gasteiger partial charge is 0.0671 e. The molecule has 1 fully saturated rings. The number of benzene rings is 1. The van der Waals surface area contributed by atoms with Gasteiger partial charge in [-0.2, -0.15) is 0 Å². The molecule has 0 bridgehead atoms. The Bertz CT molecular complexity index is 575. The van der Waals surface area contributed by atoms with Crippen LogP contribution in [0.5, 0.6) is 0 Å². The molecule has 1 aromatic carbocycles. The first kappa shape index (κ1) is 9.68. The van der Waals surface area contributed by atoms with Crippen molar-refractivity contribution in [3.8, 4) is 0 Å². The van der Waals surface area contributed by atoms with E-state index in [2.05, 4.69) is 34.7 Å². The van der Waals surface area contributed by atoms with Gasteiger partial charge in [0.2, 0.25) is 0 Å². The number of β-amino-alcohol motifs (C(OH)–C–C–N with tert-alkyl or cyclic N) is 1. The van der Waals surface area contributed by atoms with Crippen molar-refractivity contribution in [2.75, 3.05) is 6.54 Å². The molecule has 1 aliphatic carbocycles. The number of aliphatic hydroxyl groups is 1. The molecule has 2 heterocycles. The van der Waals surface area contributed by atoms with Crippen LogP contribution < -0.4 is 5.32 Å². The lowest BCUT2D eigenvalue weighted by Crippen LogP contribution is -2.48. The van der Waals surface area contributed by atoms with E-state index >= 15 is 0 Å². The van der Waals surface area contributed by atoms with Gasteiger partial charge >= 0.3 is 0 Å². The summed E-state index contributed by atoms with van der Waals surface area (Å²) in [5.41, 5.74) is 4.05. The second-order valence-corrected chi connectivity index (χ2v) is 5.30. The summed E-state index contributed by atoms with van der Waals surface area (Å²) in [5.74, 6) is 0.464. The Labute approximate surface area is 99.8 Å². The zero-order chi connectivity index (χ0) is 11.4. The Hall–Kier alpha value is -1.32. The minimum atomic E-state index is -0.202. The summed E-state index contributed by atoms with van der Waals surface area (Å²) >= 11 is 0. The standard InChI is InChI=1S/C14H16N2O/c17-9-5-11-10-2-1-3-12-14(10)8(6-15-12)4-13(11)16-7-9/h1-3,6,9,11,13,15-17H,4-5,7H2/t9?,11-,13-/m1/s1. The van der Waals surface area contributed by atoms with Crippen LogP contribution in [0.15, 0.2) is 24.4 Å². The van der Waals surface area contributed by atoms with Crippen molar-refractivity contribution >= 4 is 10.9 Å². The number of aromatic amines is 1. The SMILES string of the molecule is OC1CN[C@@H]2Cc3c[nH]c4cccc(c34)[C@H]2C1. The van der Waals surface area contributed by atoms with E-state index in [0.29, 0.717) is 12.0 Å². The van der Waals surface area contributed by atoms with Gasteiger partial charge in [0.15, 0.2) is 0 Å². The number of aliphatic hydroxyl groups excluding tert-OH is 1. The summed E-state index contributed by atoms with van der Waals surface area (Å²) in [5, 5.41) is 14.7. The van der Waals surface area contributed by atoms with Crippen molar-refractivity contribution in [3.63, 3.8) is 0 Å². The highest BCUT2D eigenvalue weighted by molar-refractivity contribution is 5.88. The van der Waals surface area contributed by atoms with Gasteiger partial charge in [-0.15, -0.1) is 0 Å². The van der Waals surface area contributed by atoms with Gasteiger partial charge in [0.1, 0.15) is 0 Å². The lowest BCUT2D eigenvalue weighted by Gasteiger charge is -2.38. The van der Waals surface area contributed by atoms with Gasteiger partial charge in [-0.05, 0) is 30.0 Å². The molecule has 1 unspecified atom stereocenters. The minimum absolute atomic E-state index is 0.202. The maximum atomic E-state index is 9.83. The third kappa shape index (κ3) is 1.30. The largest absolute Gasteiger partial charge is 0.392 e. The zero-order valence-corrected chi connectivity index (χ0v) is 9.61. The van der Waals surface area contributed by atoms with Gasteiger partial charge in [-0.1, -0.05) is 12.1 Å². The van der Waals surface area contributed by atoms with Crippen molar-refractivity contribution in [2.45, 2.75) is 30.9 Å². The number of nitrogens with one attached hydrogen (secondary N) is 2. The number of hydrogen-bond donors (Lipinski definition) is 3. The third-order valence-corrected chi connectivity index (χ3v) is 4.29. The van der Waals surface area contributed by atoms with Crippen molar-refractivity contribution in [1.82, 2.24) is 10.3 Å². The molecule has 0 radical (unpaired) electrons. The average molecular weight is 228 g/mol. The Morgan fingerprint density at radius 1 is 1.29 bits per heavy atom. The number of fused-ring (bicyclic) bond motifs is 2. The van der Waals surface area contributed by atoms with E-state index in [9.17, 15) is 5.11 Å². The lowest BCUT2D eigenvalue weighted by molar-refractivity contribution is 0.112. The molecule has 3 nitrogen and oxygen atoms in total. The molecule has 0 amide bonds. The molecule has 88 valence electrons. The van der Waals surface area contributed by atoms with Crippen molar-refractivity contribution in [2.24, 2.45) is 0 Å². The monoisotopic (exact) mass is 228 g/mol. The summed E-state index contributed by atoms with van der Waals surface area (Å²) in [6.45, 7) is 0.733. The predicted molar refractivity (Wildman–Crippen MR) is 67.2 cm³/mol. The molecule has 3 N–H and O–H groups in total. The van der Waals surface area contributed by atoms with Crippen LogP contribution in [-0.4, -0.2) is 28.8 Å². The third-order valence-electron chi connectivity index (χ3n) is 4.29. The summed E-state index contributed by atoms with van der Waals surface area (Å²) in [6, 6.07) is 6.96. The molecule has 1 aliphatic heterocycles. The first-order valence-electron chi connectivity index (χ1n) is 6.33. The van der Waals surface area contributed by atoms with Crippen LogP contribution in [0.4, 0.5) is 0 Å². The van der Waals surface area contributed by atoms with Crippen LogP contribution in [0.1, 0.15) is 23.5 Å². The van der Waals surface area contributed by atoms with E-state index in [-0.39, 0.29) is 6.10 Å². The van der Waals surface area contributed by atoms with Gasteiger partial charge in [-0.25, -0.2) is 0 Å². The highest BCUT2D eigenvalue weighted by Crippen LogP contribution is 2.40. The number of aromatic nitrogens is 1. The second-order valence-electron chi connectivity index (χ2n) is 5.30. The van der Waals surface area contributed by atoms with Crippen LogP contribution in [-0.2, 0) is 6.42 Å². The fraction of sp³-hybridized carbons (Fsp3) is 0.429. The molecule has 3 atom stereocenters. The zero-order valence-electron chi connectivity index (χ0n) is 9.61. The van der Waals surface area contributed by atoms with E-state index in [1.807, 2.05) is 0 Å². The lowest BCUT2D eigenvalue weighted by atomic mass is 9.75. The van der Waals surface area contributed by atoms with E-state index in [0.717, 1.165) is 19.4 Å². The molecule has 0 spiro atoms. The van der Waals surface area contributed by atoms with Crippen LogP contribution in [0.25, 0.3) is 10.9 Å². The van der Waals surface area contributed by atoms with E-state index in [4.69, 9.17) is 0 Å². The Kier molecular flexibility index (Phi) is 1.90. The summed E-state index contributed by atoms with van der Waals surface area (Å²) in [6.07, 6.45) is 3.90.